The van der Waals surface area contributed by atoms with Gasteiger partial charge in [-0.2, -0.15) is 0 Å². The van der Waals surface area contributed by atoms with Gasteiger partial charge in [0.1, 0.15) is 6.16 Å². The zero-order valence-corrected chi connectivity index (χ0v) is 12.9. The molecule has 0 bridgehead atoms. The van der Waals surface area contributed by atoms with Gasteiger partial charge in [-0.15, -0.1) is 20.4 Å². The van der Waals surface area contributed by atoms with Crippen LogP contribution in [0.2, 0.25) is 0 Å². The van der Waals surface area contributed by atoms with Crippen LogP contribution in [0.3, 0.4) is 0 Å². The van der Waals surface area contributed by atoms with E-state index >= 15 is 0 Å². The topological polar surface area (TPSA) is 87.1 Å². The number of rotatable bonds is 7. The summed E-state index contributed by atoms with van der Waals surface area (Å²) < 4.78 is 22.7. The summed E-state index contributed by atoms with van der Waals surface area (Å²) in [6.45, 7) is 4.09. The van der Waals surface area contributed by atoms with Gasteiger partial charge in [0.15, 0.2) is 5.82 Å². The molecule has 7 nitrogen and oxygen atoms in total. The lowest BCUT2D eigenvalue weighted by Crippen LogP contribution is -2.06. The lowest BCUT2D eigenvalue weighted by molar-refractivity contribution is 0.218. The first-order valence-electron chi connectivity index (χ1n) is 6.66. The summed E-state index contributed by atoms with van der Waals surface area (Å²) in [6, 6.07) is 9.39. The van der Waals surface area contributed by atoms with E-state index in [9.17, 15) is 4.57 Å². The summed E-state index contributed by atoms with van der Waals surface area (Å²) in [6.07, 6.45) is -0.0379. The molecule has 21 heavy (non-hydrogen) atoms. The van der Waals surface area contributed by atoms with Crippen molar-refractivity contribution in [1.29, 1.82) is 0 Å². The highest BCUT2D eigenvalue weighted by Gasteiger charge is 2.26. The Morgan fingerprint density at radius 1 is 0.952 bits per heavy atom. The van der Waals surface area contributed by atoms with Gasteiger partial charge in [0.25, 0.3) is 0 Å². The van der Waals surface area contributed by atoms with E-state index in [2.05, 4.69) is 20.4 Å². The van der Waals surface area contributed by atoms with E-state index in [1.54, 1.807) is 13.8 Å². The lowest BCUT2D eigenvalue weighted by Gasteiger charge is -2.15. The van der Waals surface area contributed by atoms with Crippen LogP contribution in [0.1, 0.15) is 19.7 Å². The van der Waals surface area contributed by atoms with Crippen LogP contribution in [0.25, 0.3) is 11.4 Å². The maximum atomic E-state index is 12.4. The second-order valence-electron chi connectivity index (χ2n) is 4.11. The zero-order chi connectivity index (χ0) is 15.1. The van der Waals surface area contributed by atoms with Crippen LogP contribution in [-0.4, -0.2) is 33.6 Å². The summed E-state index contributed by atoms with van der Waals surface area (Å²) in [4.78, 5) is 0. The Morgan fingerprint density at radius 3 is 2.05 bits per heavy atom. The monoisotopic (exact) mass is 308 g/mol. The van der Waals surface area contributed by atoms with Gasteiger partial charge in [-0.25, -0.2) is 0 Å². The van der Waals surface area contributed by atoms with Gasteiger partial charge >= 0.3 is 7.60 Å². The molecule has 1 aromatic heterocycles. The minimum Gasteiger partial charge on any atom is -0.309 e. The molecule has 0 spiro atoms. The third-order valence-corrected chi connectivity index (χ3v) is 4.51. The average molecular weight is 308 g/mol. The predicted octanol–water partition coefficient (Wildman–Crippen LogP) is 2.70. The largest absolute Gasteiger partial charge is 0.338 e. The van der Waals surface area contributed by atoms with Crippen LogP contribution in [0.5, 0.6) is 0 Å². The van der Waals surface area contributed by atoms with Crippen LogP contribution < -0.4 is 0 Å². The van der Waals surface area contributed by atoms with Crippen molar-refractivity contribution in [3.8, 4) is 11.4 Å². The first-order chi connectivity index (χ1) is 10.2. The van der Waals surface area contributed by atoms with Gasteiger partial charge in [0.05, 0.1) is 13.2 Å². The zero-order valence-electron chi connectivity index (χ0n) is 12.0. The SMILES string of the molecule is CCOP(=O)(Cc1nnc(-c2ccccc2)nn1)OCC. The lowest BCUT2D eigenvalue weighted by atomic mass is 10.2. The highest BCUT2D eigenvalue weighted by atomic mass is 31.2. The normalized spacial score (nSPS) is 11.5. The quantitative estimate of drug-likeness (QED) is 0.727. The third kappa shape index (κ3) is 4.39. The van der Waals surface area contributed by atoms with Crippen LogP contribution in [0.15, 0.2) is 30.3 Å². The standard InChI is InChI=1S/C13H17N4O3P/c1-3-19-21(18,20-4-2)10-12-14-16-13(17-15-12)11-8-6-5-7-9-11/h5-9H,3-4,10H2,1-2H3. The molecule has 0 radical (unpaired) electrons. The van der Waals surface area contributed by atoms with Gasteiger partial charge in [-0.3, -0.25) is 4.57 Å². The van der Waals surface area contributed by atoms with Crippen LogP contribution in [0, 0.1) is 0 Å². The summed E-state index contributed by atoms with van der Waals surface area (Å²) in [5.74, 6) is 0.655. The summed E-state index contributed by atoms with van der Waals surface area (Å²) in [5.41, 5.74) is 0.821. The maximum absolute atomic E-state index is 12.4. The van der Waals surface area contributed by atoms with Crippen LogP contribution >= 0.6 is 7.60 Å². The van der Waals surface area contributed by atoms with Gasteiger partial charge in [-0.05, 0) is 13.8 Å². The molecule has 1 aromatic carbocycles. The molecule has 0 aliphatic rings. The molecule has 0 aliphatic heterocycles. The Labute approximate surface area is 123 Å². The van der Waals surface area contributed by atoms with E-state index in [0.29, 0.717) is 19.0 Å². The first kappa shape index (κ1) is 15.7. The Bertz CT molecular complexity index is 597. The molecule has 8 heteroatoms. The molecule has 0 unspecified atom stereocenters. The molecule has 0 fully saturated rings. The van der Waals surface area contributed by atoms with Crippen molar-refractivity contribution in [3.63, 3.8) is 0 Å². The fourth-order valence-electron chi connectivity index (χ4n) is 1.71. The second kappa shape index (κ2) is 7.36. The Hall–Kier alpha value is -1.69. The number of aromatic nitrogens is 4. The number of hydrogen-bond acceptors (Lipinski definition) is 7. The van der Waals surface area contributed by atoms with E-state index in [1.807, 2.05) is 30.3 Å². The van der Waals surface area contributed by atoms with Crippen LogP contribution in [-0.2, 0) is 19.8 Å². The molecule has 2 aromatic rings. The van der Waals surface area contributed by atoms with E-state index in [4.69, 9.17) is 9.05 Å². The van der Waals surface area contributed by atoms with Gasteiger partial charge in [0, 0.05) is 5.56 Å². The molecular weight excluding hydrogens is 291 g/mol. The second-order valence-corrected chi connectivity index (χ2v) is 6.16. The summed E-state index contributed by atoms with van der Waals surface area (Å²) >= 11 is 0. The van der Waals surface area contributed by atoms with Crippen molar-refractivity contribution in [2.75, 3.05) is 13.2 Å². The smallest absolute Gasteiger partial charge is 0.309 e. The number of nitrogens with zero attached hydrogens (tertiary/aromatic N) is 4. The average Bonchev–Trinajstić information content (AvgIpc) is 2.49. The molecule has 0 amide bonds. The molecule has 112 valence electrons. The number of benzene rings is 1. The van der Waals surface area contributed by atoms with Crippen LogP contribution in [0.4, 0.5) is 0 Å². The van der Waals surface area contributed by atoms with Gasteiger partial charge in [-0.1, -0.05) is 30.3 Å². The van der Waals surface area contributed by atoms with E-state index in [1.165, 1.54) is 0 Å². The fraction of sp³-hybridized carbons (Fsp3) is 0.385. The summed E-state index contributed by atoms with van der Waals surface area (Å²) in [7, 11) is -3.23. The highest BCUT2D eigenvalue weighted by molar-refractivity contribution is 7.53. The predicted molar refractivity (Wildman–Crippen MR) is 77.6 cm³/mol. The first-order valence-corrected chi connectivity index (χ1v) is 8.39. The molecule has 0 saturated carbocycles. The minimum atomic E-state index is -3.23. The molecule has 2 rings (SSSR count). The van der Waals surface area contributed by atoms with Gasteiger partial charge < -0.3 is 9.05 Å². The van der Waals surface area contributed by atoms with E-state index < -0.39 is 7.60 Å². The molecule has 0 atom stereocenters. The summed E-state index contributed by atoms with van der Waals surface area (Å²) in [5, 5.41) is 15.9. The van der Waals surface area contributed by atoms with Gasteiger partial charge in [0.2, 0.25) is 5.82 Å². The van der Waals surface area contributed by atoms with E-state index in [-0.39, 0.29) is 12.0 Å². The Balaban J connectivity index is 2.13. The van der Waals surface area contributed by atoms with Crippen molar-refractivity contribution in [2.24, 2.45) is 0 Å². The maximum Gasteiger partial charge on any atom is 0.338 e. The minimum absolute atomic E-state index is 0.0379. The molecule has 0 aliphatic carbocycles. The Kier molecular flexibility index (Phi) is 5.50. The van der Waals surface area contributed by atoms with E-state index in [0.717, 1.165) is 5.56 Å². The van der Waals surface area contributed by atoms with Crippen molar-refractivity contribution in [3.05, 3.63) is 36.2 Å². The Morgan fingerprint density at radius 2 is 1.52 bits per heavy atom. The fourth-order valence-corrected chi connectivity index (χ4v) is 3.23. The molecule has 0 N–H and O–H groups in total. The van der Waals surface area contributed by atoms with Crippen molar-refractivity contribution in [2.45, 2.75) is 20.0 Å². The highest BCUT2D eigenvalue weighted by Crippen LogP contribution is 2.50. The third-order valence-electron chi connectivity index (χ3n) is 2.54. The number of hydrogen-bond donors (Lipinski definition) is 0. The van der Waals surface area contributed by atoms with Crippen molar-refractivity contribution < 1.29 is 13.6 Å². The molecule has 0 saturated heterocycles. The molecular formula is C13H17N4O3P. The molecule has 1 heterocycles. The van der Waals surface area contributed by atoms with Crippen molar-refractivity contribution in [1.82, 2.24) is 20.4 Å². The van der Waals surface area contributed by atoms with Crippen molar-refractivity contribution >= 4 is 7.60 Å².